The molecule has 3 aromatic rings. The van der Waals surface area contributed by atoms with Crippen molar-refractivity contribution < 1.29 is 9.18 Å². The van der Waals surface area contributed by atoms with E-state index in [1.165, 1.54) is 12.1 Å². The number of nitrogens with zero attached hydrogens (tertiary/aromatic N) is 4. The number of piperazine rings is 1. The third kappa shape index (κ3) is 3.54. The van der Waals surface area contributed by atoms with Gasteiger partial charge in [0.15, 0.2) is 0 Å². The second kappa shape index (κ2) is 7.87. The molecule has 1 fully saturated rings. The van der Waals surface area contributed by atoms with E-state index in [0.717, 1.165) is 0 Å². The average Bonchev–Trinajstić information content (AvgIpc) is 2.73. The fourth-order valence-corrected chi connectivity index (χ4v) is 3.96. The van der Waals surface area contributed by atoms with Crippen LogP contribution in [0, 0.1) is 5.82 Å². The molecule has 0 aliphatic carbocycles. The van der Waals surface area contributed by atoms with E-state index in [4.69, 9.17) is 11.6 Å². The van der Waals surface area contributed by atoms with E-state index in [1.54, 1.807) is 29.2 Å². The Hall–Kier alpha value is -3.26. The molecule has 1 unspecified atom stereocenters. The van der Waals surface area contributed by atoms with Crippen LogP contribution in [0.15, 0.2) is 47.8 Å². The standard InChI is InChI=1S/C21H19ClFN5O2/c1-3-17(29)27-8-9-28(12(2)11-27)20-14-10-15(22)18(13-6-4-5-7-16(13)23)24-19(14)25-21(30)26-20/h3-7,10,12H,1,8-9,11H2,2H3,(H,24,25,26,30). The summed E-state index contributed by atoms with van der Waals surface area (Å²) in [4.78, 5) is 39.0. The maximum Gasteiger partial charge on any atom is 0.348 e. The number of pyridine rings is 1. The van der Waals surface area contributed by atoms with Crippen molar-refractivity contribution in [3.8, 4) is 11.3 Å². The van der Waals surface area contributed by atoms with Crippen LogP contribution in [0.5, 0.6) is 0 Å². The van der Waals surface area contributed by atoms with Gasteiger partial charge >= 0.3 is 5.69 Å². The first-order valence-corrected chi connectivity index (χ1v) is 9.80. The van der Waals surface area contributed by atoms with E-state index in [2.05, 4.69) is 21.5 Å². The van der Waals surface area contributed by atoms with Gasteiger partial charge in [-0.1, -0.05) is 30.3 Å². The summed E-state index contributed by atoms with van der Waals surface area (Å²) in [5.74, 6) is -0.162. The maximum atomic E-state index is 14.3. The highest BCUT2D eigenvalue weighted by atomic mass is 35.5. The SMILES string of the molecule is C=CC(=O)N1CCN(c2nc(=O)[nH]c3nc(-c4ccccc4F)c(Cl)cc23)C(C)C1. The lowest BCUT2D eigenvalue weighted by atomic mass is 10.1. The molecule has 0 radical (unpaired) electrons. The summed E-state index contributed by atoms with van der Waals surface area (Å²) in [5.41, 5.74) is 0.186. The molecule has 0 bridgehead atoms. The number of carbonyl (C=O) groups is 1. The Bertz CT molecular complexity index is 1210. The summed E-state index contributed by atoms with van der Waals surface area (Å²) in [6.07, 6.45) is 1.29. The van der Waals surface area contributed by atoms with Gasteiger partial charge in [0, 0.05) is 31.2 Å². The van der Waals surface area contributed by atoms with Crippen LogP contribution in [-0.2, 0) is 4.79 Å². The van der Waals surface area contributed by atoms with Crippen molar-refractivity contribution in [2.24, 2.45) is 0 Å². The predicted molar refractivity (Wildman–Crippen MR) is 114 cm³/mol. The van der Waals surface area contributed by atoms with Gasteiger partial charge < -0.3 is 9.80 Å². The number of anilines is 1. The Kier molecular flexibility index (Phi) is 5.26. The number of fused-ring (bicyclic) bond motifs is 1. The fraction of sp³-hybridized carbons (Fsp3) is 0.238. The van der Waals surface area contributed by atoms with Gasteiger partial charge in [-0.25, -0.2) is 14.2 Å². The second-order valence-electron chi connectivity index (χ2n) is 7.09. The Morgan fingerprint density at radius 1 is 1.33 bits per heavy atom. The summed E-state index contributed by atoms with van der Waals surface area (Å²) in [6, 6.07) is 7.71. The van der Waals surface area contributed by atoms with Crippen LogP contribution in [-0.4, -0.2) is 51.4 Å². The van der Waals surface area contributed by atoms with Crippen LogP contribution < -0.4 is 10.6 Å². The molecule has 1 N–H and O–H groups in total. The zero-order chi connectivity index (χ0) is 21.4. The first kappa shape index (κ1) is 20.0. The van der Waals surface area contributed by atoms with Gasteiger partial charge in [-0.05, 0) is 31.2 Å². The van der Waals surface area contributed by atoms with Crippen molar-refractivity contribution in [2.75, 3.05) is 24.5 Å². The lowest BCUT2D eigenvalue weighted by Crippen LogP contribution is -2.54. The highest BCUT2D eigenvalue weighted by Crippen LogP contribution is 2.33. The van der Waals surface area contributed by atoms with E-state index in [1.807, 2.05) is 11.8 Å². The van der Waals surface area contributed by atoms with Crippen LogP contribution in [0.3, 0.4) is 0 Å². The van der Waals surface area contributed by atoms with Crippen LogP contribution in [0.4, 0.5) is 10.2 Å². The molecular weight excluding hydrogens is 409 g/mol. The van der Waals surface area contributed by atoms with E-state index in [0.29, 0.717) is 30.8 Å². The average molecular weight is 428 g/mol. The Morgan fingerprint density at radius 2 is 2.10 bits per heavy atom. The second-order valence-corrected chi connectivity index (χ2v) is 7.50. The first-order chi connectivity index (χ1) is 14.4. The van der Waals surface area contributed by atoms with Gasteiger partial charge in [-0.3, -0.25) is 9.78 Å². The van der Waals surface area contributed by atoms with Crippen LogP contribution in [0.25, 0.3) is 22.3 Å². The van der Waals surface area contributed by atoms with E-state index in [-0.39, 0.29) is 33.9 Å². The number of aromatic nitrogens is 3. The summed E-state index contributed by atoms with van der Waals surface area (Å²) < 4.78 is 14.3. The van der Waals surface area contributed by atoms with Gasteiger partial charge in [0.2, 0.25) is 5.91 Å². The molecule has 1 aliphatic rings. The Morgan fingerprint density at radius 3 is 2.80 bits per heavy atom. The summed E-state index contributed by atoms with van der Waals surface area (Å²) in [6.45, 7) is 6.90. The Balaban J connectivity index is 1.80. The van der Waals surface area contributed by atoms with Gasteiger partial charge in [0.25, 0.3) is 0 Å². The lowest BCUT2D eigenvalue weighted by Gasteiger charge is -2.40. The molecule has 9 heteroatoms. The molecule has 4 rings (SSSR count). The lowest BCUT2D eigenvalue weighted by molar-refractivity contribution is -0.126. The molecule has 154 valence electrons. The summed E-state index contributed by atoms with van der Waals surface area (Å²) in [7, 11) is 0. The van der Waals surface area contributed by atoms with Gasteiger partial charge in [-0.15, -0.1) is 0 Å². The number of halogens is 2. The van der Waals surface area contributed by atoms with E-state index >= 15 is 0 Å². The van der Waals surface area contributed by atoms with E-state index < -0.39 is 11.5 Å². The molecule has 1 aliphatic heterocycles. The zero-order valence-electron chi connectivity index (χ0n) is 16.2. The Labute approximate surface area is 176 Å². The van der Waals surface area contributed by atoms with E-state index in [9.17, 15) is 14.0 Å². The largest absolute Gasteiger partial charge is 0.350 e. The topological polar surface area (TPSA) is 82.2 Å². The molecule has 1 saturated heterocycles. The molecule has 30 heavy (non-hydrogen) atoms. The molecule has 0 saturated carbocycles. The van der Waals surface area contributed by atoms with Crippen molar-refractivity contribution in [1.82, 2.24) is 19.9 Å². The fourth-order valence-electron chi connectivity index (χ4n) is 3.70. The number of hydrogen-bond acceptors (Lipinski definition) is 5. The zero-order valence-corrected chi connectivity index (χ0v) is 17.0. The van der Waals surface area contributed by atoms with Crippen LogP contribution in [0.2, 0.25) is 5.02 Å². The number of aromatic amines is 1. The molecule has 0 spiro atoms. The number of amides is 1. The van der Waals surface area contributed by atoms with Crippen molar-refractivity contribution in [3.05, 3.63) is 64.3 Å². The number of benzene rings is 1. The number of rotatable bonds is 3. The van der Waals surface area contributed by atoms with Crippen molar-refractivity contribution in [2.45, 2.75) is 13.0 Å². The monoisotopic (exact) mass is 427 g/mol. The van der Waals surface area contributed by atoms with Crippen molar-refractivity contribution in [3.63, 3.8) is 0 Å². The third-order valence-corrected chi connectivity index (χ3v) is 5.45. The minimum absolute atomic E-state index is 0.0924. The molecule has 1 atom stereocenters. The first-order valence-electron chi connectivity index (χ1n) is 9.42. The maximum absolute atomic E-state index is 14.3. The molecule has 2 aromatic heterocycles. The molecule has 3 heterocycles. The number of hydrogen-bond donors (Lipinski definition) is 1. The van der Waals surface area contributed by atoms with Crippen LogP contribution >= 0.6 is 11.6 Å². The van der Waals surface area contributed by atoms with Gasteiger partial charge in [-0.2, -0.15) is 4.98 Å². The van der Waals surface area contributed by atoms with Gasteiger partial charge in [0.1, 0.15) is 17.3 Å². The minimum Gasteiger partial charge on any atom is -0.350 e. The minimum atomic E-state index is -0.566. The normalized spacial score (nSPS) is 16.7. The van der Waals surface area contributed by atoms with Crippen molar-refractivity contribution >= 4 is 34.4 Å². The number of nitrogens with one attached hydrogen (secondary N) is 1. The summed E-state index contributed by atoms with van der Waals surface area (Å²) >= 11 is 6.45. The molecule has 1 aromatic carbocycles. The third-order valence-electron chi connectivity index (χ3n) is 5.16. The highest BCUT2D eigenvalue weighted by Gasteiger charge is 2.28. The smallest absolute Gasteiger partial charge is 0.348 e. The van der Waals surface area contributed by atoms with Crippen molar-refractivity contribution in [1.29, 1.82) is 0 Å². The number of H-pyrrole nitrogens is 1. The number of carbonyl (C=O) groups excluding carboxylic acids is 1. The molecular formula is C21H19ClFN5O2. The molecule has 1 amide bonds. The molecule has 7 nitrogen and oxygen atoms in total. The summed E-state index contributed by atoms with van der Waals surface area (Å²) in [5, 5.41) is 0.797. The van der Waals surface area contributed by atoms with Crippen LogP contribution in [0.1, 0.15) is 6.92 Å². The predicted octanol–water partition coefficient (Wildman–Crippen LogP) is 3.00. The quantitative estimate of drug-likeness (QED) is 0.650. The highest BCUT2D eigenvalue weighted by molar-refractivity contribution is 6.33. The van der Waals surface area contributed by atoms with Gasteiger partial charge in [0.05, 0.1) is 16.1 Å².